The first kappa shape index (κ1) is 19.5. The molecule has 0 spiro atoms. The van der Waals surface area contributed by atoms with E-state index in [4.69, 9.17) is 55.4 Å². The van der Waals surface area contributed by atoms with E-state index in [0.29, 0.717) is 0 Å². The first-order valence-corrected chi connectivity index (χ1v) is 24.2. The molecular weight excluding hydrogens is 993 g/mol. The summed E-state index contributed by atoms with van der Waals surface area (Å²) in [4.78, 5) is 0. The average molecular weight is 1090 g/mol. The molecule has 0 aliphatic rings. The zero-order chi connectivity index (χ0) is 95.9. The Morgan fingerprint density at radius 1 is 0.207 bits per heavy atom. The second-order valence-electron chi connectivity index (χ2n) is 17.7. The lowest BCUT2D eigenvalue weighted by Gasteiger charge is -2.18. The molecule has 82 heavy (non-hydrogen) atoms. The molecule has 0 radical (unpaired) electrons. The van der Waals surface area contributed by atoms with Crippen LogP contribution in [0.3, 0.4) is 0 Å². The van der Waals surface area contributed by atoms with Crippen molar-refractivity contribution in [1.82, 2.24) is 0 Å². The van der Waals surface area contributed by atoms with Crippen LogP contribution in [0, 0.1) is 0 Å². The van der Waals surface area contributed by atoms with Crippen molar-refractivity contribution in [2.75, 3.05) is 0 Å². The van der Waals surface area contributed by atoms with Crippen LogP contribution in [-0.4, -0.2) is 0 Å². The standard InChI is InChI=1S/C42H26O.C38H24O/c1-2-13-28(14-3-1)40-32-17-6-8-19-34(32)41(35-20-9-7-18-33(35)40)37-22-11-23-38-42(37)36-25-24-29(26-39(36)43-38)31-21-10-15-27-12-4-5-16-30(27)31;1-3-12-25(13-4-1)27-22-23-34-33(24-27)38-32(20-11-21-35(38)39-34)37-30-18-9-7-16-28(30)36(26-14-5-2-6-15-26)29-17-8-10-19-31(29)37/h1-26H;1-24H/i1D,2D,3D,4D,5D,6D,7D,8D,9D,10D,11D,12D,13D,14D,15D,16D,17D,18D,19D,20D,21D,22D,23D,24D,25D,26D;1D,2D,3D,4D,5D,6D,7D,8D,9D,10D,11D,12D,14D,15D,16D,17D,18D,19D,20D,21D,23D,24D. The third-order valence-electron chi connectivity index (χ3n) is 13.4. The van der Waals surface area contributed by atoms with Gasteiger partial charge in [-0.2, -0.15) is 0 Å². The molecule has 0 saturated heterocycles. The van der Waals surface area contributed by atoms with Gasteiger partial charge in [0.2, 0.25) is 0 Å². The molecule has 2 nitrogen and oxygen atoms in total. The molecule has 0 aliphatic carbocycles. The second-order valence-corrected chi connectivity index (χ2v) is 17.7. The molecule has 17 aromatic rings. The maximum Gasteiger partial charge on any atom is 0.136 e. The van der Waals surface area contributed by atoms with Crippen LogP contribution < -0.4 is 0 Å². The normalized spacial score (nSPS) is 19.9. The van der Waals surface area contributed by atoms with Gasteiger partial charge in [0.15, 0.2) is 0 Å². The first-order chi connectivity index (χ1) is 60.6. The number of hydrogen-bond acceptors (Lipinski definition) is 2. The van der Waals surface area contributed by atoms with Crippen molar-refractivity contribution in [3.63, 3.8) is 0 Å². The molecule has 0 amide bonds. The van der Waals surface area contributed by atoms with Gasteiger partial charge in [-0.1, -0.05) is 266 Å². The van der Waals surface area contributed by atoms with Gasteiger partial charge in [-0.3, -0.25) is 0 Å². The topological polar surface area (TPSA) is 26.3 Å². The summed E-state index contributed by atoms with van der Waals surface area (Å²) in [5.41, 5.74) is -9.27. The zero-order valence-corrected chi connectivity index (χ0v) is 41.0. The summed E-state index contributed by atoms with van der Waals surface area (Å²) in [6, 6.07) is -38.6. The Hall–Kier alpha value is -10.8. The number of furan rings is 2. The molecule has 0 saturated carbocycles. The fraction of sp³-hybridized carbons (Fsp3) is 0. The monoisotopic (exact) mass is 1090 g/mol. The van der Waals surface area contributed by atoms with Crippen LogP contribution in [0.4, 0.5) is 0 Å². The van der Waals surface area contributed by atoms with Crippen LogP contribution in [0.25, 0.3) is 165 Å². The van der Waals surface area contributed by atoms with Gasteiger partial charge >= 0.3 is 0 Å². The van der Waals surface area contributed by atoms with Crippen LogP contribution in [0.15, 0.2) is 311 Å². The van der Waals surface area contributed by atoms with Crippen LogP contribution in [0.5, 0.6) is 0 Å². The van der Waals surface area contributed by atoms with Gasteiger partial charge in [0.25, 0.3) is 0 Å². The highest BCUT2D eigenvalue weighted by atomic mass is 16.3. The first-order valence-electron chi connectivity index (χ1n) is 48.2. The van der Waals surface area contributed by atoms with Gasteiger partial charge in [-0.15, -0.1) is 0 Å². The van der Waals surface area contributed by atoms with E-state index in [-0.39, 0.29) is 16.5 Å². The number of benzene rings is 15. The van der Waals surface area contributed by atoms with E-state index < -0.39 is 438 Å². The Morgan fingerprint density at radius 2 is 0.622 bits per heavy atom. The summed E-state index contributed by atoms with van der Waals surface area (Å²) in [5.74, 6) is 0. The molecule has 382 valence electrons. The van der Waals surface area contributed by atoms with Crippen LogP contribution >= 0.6 is 0 Å². The molecule has 0 unspecified atom stereocenters. The summed E-state index contributed by atoms with van der Waals surface area (Å²) in [6.45, 7) is 0. The fourth-order valence-corrected chi connectivity index (χ4v) is 10.0. The minimum Gasteiger partial charge on any atom is -0.456 e. The Kier molecular flexibility index (Phi) is 4.64. The van der Waals surface area contributed by atoms with Gasteiger partial charge < -0.3 is 8.83 Å². The molecule has 17 rings (SSSR count). The minimum absolute atomic E-state index is 0.223. The molecule has 0 atom stereocenters. The largest absolute Gasteiger partial charge is 0.456 e. The lowest BCUT2D eigenvalue weighted by molar-refractivity contribution is 0.668. The maximum absolute atomic E-state index is 9.50. The molecule has 0 fully saturated rings. The van der Waals surface area contributed by atoms with Gasteiger partial charge in [-0.25, -0.2) is 0 Å². The van der Waals surface area contributed by atoms with E-state index in [1.54, 1.807) is 0 Å². The summed E-state index contributed by atoms with van der Waals surface area (Å²) < 4.78 is 437. The number of rotatable bonds is 6. The molecule has 0 bridgehead atoms. The maximum atomic E-state index is 9.50. The predicted molar refractivity (Wildman–Crippen MR) is 348 cm³/mol. The Morgan fingerprint density at radius 3 is 1.17 bits per heavy atom. The van der Waals surface area contributed by atoms with Gasteiger partial charge in [0.05, 0.1) is 65.8 Å². The van der Waals surface area contributed by atoms with Crippen molar-refractivity contribution in [2.24, 2.45) is 0 Å². The van der Waals surface area contributed by atoms with E-state index in [0.717, 1.165) is 12.1 Å². The Balaban J connectivity index is 0.000000192. The van der Waals surface area contributed by atoms with Crippen molar-refractivity contribution in [1.29, 1.82) is 0 Å². The van der Waals surface area contributed by atoms with Crippen LogP contribution in [-0.2, 0) is 0 Å². The highest BCUT2D eigenvalue weighted by Gasteiger charge is 2.23. The molecule has 0 aliphatic heterocycles. The van der Waals surface area contributed by atoms with Gasteiger partial charge in [0.1, 0.15) is 22.3 Å². The smallest absolute Gasteiger partial charge is 0.136 e. The second kappa shape index (κ2) is 19.5. The SMILES string of the molecule is [2H]c1c([2H])c([2H])c(-c2c3c([2H])c([2H])c([2H])c([2H])c3c(-c3c([2H])c([2H])c([2H])c4oc5c([2H])c(-c6c([2H])c([2H])c([2H])c7c([2H])c([2H])c([2H])c([2H])c67)c([2H])c([2H])c5c34)c3c([2H])c([2H])c([2H])c([2H])c23)c([2H])c1[2H].[2H]c1cc(-c2cc([2H])c3oc4c([2H])c([2H])c([2H])c(-c5c6c([2H])c([2H])c([2H])c([2H])c6c(-c6c([2H])c([2H])c([2H])c([2H])c6[2H])c6c([2H])c([2H])c([2H])c([2H])c56)c4c3c2[2H])c([2H])c([2H])c1[2H]. The van der Waals surface area contributed by atoms with Crippen molar-refractivity contribution in [3.05, 3.63) is 302 Å². The third-order valence-corrected chi connectivity index (χ3v) is 13.4. The summed E-state index contributed by atoms with van der Waals surface area (Å²) in [5, 5.41) is -8.11. The van der Waals surface area contributed by atoms with Gasteiger partial charge in [0, 0.05) is 21.5 Å². The van der Waals surface area contributed by atoms with Crippen LogP contribution in [0.1, 0.15) is 65.8 Å². The van der Waals surface area contributed by atoms with E-state index in [2.05, 4.69) is 0 Å². The van der Waals surface area contributed by atoms with E-state index in [1.807, 2.05) is 0 Å². The summed E-state index contributed by atoms with van der Waals surface area (Å²) in [6.07, 6.45) is 0. The van der Waals surface area contributed by atoms with Crippen molar-refractivity contribution in [2.45, 2.75) is 0 Å². The lowest BCUT2D eigenvalue weighted by Crippen LogP contribution is -1.91. The molecule has 0 N–H and O–H groups in total. The highest BCUT2D eigenvalue weighted by Crippen LogP contribution is 2.49. The van der Waals surface area contributed by atoms with Crippen molar-refractivity contribution in [3.8, 4) is 66.8 Å². The average Bonchev–Trinajstić information content (AvgIpc) is 1.18. The highest BCUT2D eigenvalue weighted by molar-refractivity contribution is 6.27. The van der Waals surface area contributed by atoms with Crippen LogP contribution in [0.2, 0.25) is 0 Å². The Bertz CT molecular complexity index is 8080. The van der Waals surface area contributed by atoms with E-state index >= 15 is 0 Å². The predicted octanol–water partition coefficient (Wildman–Crippen LogP) is 22.9. The van der Waals surface area contributed by atoms with E-state index in [9.17, 15) is 19.2 Å². The lowest BCUT2D eigenvalue weighted by atomic mass is 9.85. The molecule has 2 heteroatoms. The molecule has 2 heterocycles. The summed E-state index contributed by atoms with van der Waals surface area (Å²) in [7, 11) is 0. The van der Waals surface area contributed by atoms with Crippen molar-refractivity contribution >= 4 is 97.7 Å². The quantitative estimate of drug-likeness (QED) is 0.155. The minimum atomic E-state index is -0.963. The number of hydrogen-bond donors (Lipinski definition) is 0. The van der Waals surface area contributed by atoms with Crippen molar-refractivity contribution < 1.29 is 74.6 Å². The molecular formula is C80H50O2. The zero-order valence-electron chi connectivity index (χ0n) is 89.0. The molecule has 2 aromatic heterocycles. The summed E-state index contributed by atoms with van der Waals surface area (Å²) >= 11 is 0. The number of fused-ring (bicyclic) bond motifs is 11. The fourth-order valence-electron chi connectivity index (χ4n) is 10.0. The molecule has 15 aromatic carbocycles. The third kappa shape index (κ3) is 7.72. The van der Waals surface area contributed by atoms with Gasteiger partial charge in [-0.05, 0) is 157 Å². The Labute approximate surface area is 541 Å². The van der Waals surface area contributed by atoms with E-state index in [1.165, 1.54) is 0 Å².